The smallest absolute Gasteiger partial charge is 0.174 e. The van der Waals surface area contributed by atoms with Crippen LogP contribution in [0.3, 0.4) is 0 Å². The van der Waals surface area contributed by atoms with Gasteiger partial charge in [-0.05, 0) is 44.5 Å². The van der Waals surface area contributed by atoms with E-state index in [1.165, 1.54) is 11.1 Å². The van der Waals surface area contributed by atoms with Crippen LogP contribution < -0.4 is 9.47 Å². The highest BCUT2D eigenvalue weighted by atomic mass is 16.5. The summed E-state index contributed by atoms with van der Waals surface area (Å²) >= 11 is 0. The molecule has 4 aliphatic rings. The van der Waals surface area contributed by atoms with Crippen LogP contribution in [0.1, 0.15) is 30.4 Å². The maximum Gasteiger partial charge on any atom is 0.174 e. The highest BCUT2D eigenvalue weighted by Crippen LogP contribution is 2.68. The van der Waals surface area contributed by atoms with Gasteiger partial charge in [0.05, 0.1) is 12.5 Å². The van der Waals surface area contributed by atoms with Gasteiger partial charge in [-0.25, -0.2) is 0 Å². The topological polar surface area (TPSA) is 38.8 Å². The maximum atomic E-state index is 12.8. The molecule has 0 aromatic heterocycles. The minimum Gasteiger partial charge on any atom is -0.493 e. The van der Waals surface area contributed by atoms with E-state index in [9.17, 15) is 4.79 Å². The number of ether oxygens (including phenoxy) is 2. The van der Waals surface area contributed by atoms with Gasteiger partial charge in [-0.15, -0.1) is 0 Å². The molecular formula is C18H21NO3. The van der Waals surface area contributed by atoms with Crippen LogP contribution in [0.25, 0.3) is 0 Å². The van der Waals surface area contributed by atoms with E-state index in [0.717, 1.165) is 43.9 Å². The van der Waals surface area contributed by atoms with E-state index in [4.69, 9.17) is 9.47 Å². The number of carbonyl (C=O) groups excluding carboxylic acids is 1. The normalized spacial score (nSPS) is 38.5. The van der Waals surface area contributed by atoms with Crippen LogP contribution in [0.4, 0.5) is 0 Å². The fourth-order valence-corrected chi connectivity index (χ4v) is 5.84. The van der Waals surface area contributed by atoms with Crippen LogP contribution in [0.5, 0.6) is 11.5 Å². The number of hydrogen-bond donors (Lipinski definition) is 0. The molecule has 1 saturated carbocycles. The third kappa shape index (κ3) is 1.20. The van der Waals surface area contributed by atoms with Crippen LogP contribution in [0.2, 0.25) is 0 Å². The molecule has 4 heteroatoms. The lowest BCUT2D eigenvalue weighted by Gasteiger charge is -2.54. The lowest BCUT2D eigenvalue weighted by Crippen LogP contribution is -2.59. The van der Waals surface area contributed by atoms with Crippen LogP contribution in [0.15, 0.2) is 12.1 Å². The fraction of sp³-hybridized carbons (Fsp3) is 0.611. The zero-order chi connectivity index (χ0) is 15.1. The number of benzene rings is 1. The van der Waals surface area contributed by atoms with Gasteiger partial charge in [-0.1, -0.05) is 6.07 Å². The van der Waals surface area contributed by atoms with Gasteiger partial charge in [-0.2, -0.15) is 0 Å². The molecule has 5 rings (SSSR count). The fourth-order valence-electron chi connectivity index (χ4n) is 5.84. The monoisotopic (exact) mass is 299 g/mol. The molecule has 4 nitrogen and oxygen atoms in total. The number of nitrogens with zero attached hydrogens (tertiary/aromatic N) is 1. The minimum atomic E-state index is -0.286. The van der Waals surface area contributed by atoms with Crippen molar-refractivity contribution in [1.29, 1.82) is 0 Å². The largest absolute Gasteiger partial charge is 0.493 e. The summed E-state index contributed by atoms with van der Waals surface area (Å²) in [5, 5.41) is 0. The van der Waals surface area contributed by atoms with Crippen LogP contribution in [-0.2, 0) is 16.6 Å². The SMILES string of the molecule is COc1ccc2c3c1O[C@H]1C(=O)C[C@@]4(CC2)CN(C)CC[C@]314. The van der Waals surface area contributed by atoms with Gasteiger partial charge in [0.1, 0.15) is 0 Å². The van der Waals surface area contributed by atoms with Crippen molar-refractivity contribution in [2.45, 2.75) is 37.2 Å². The van der Waals surface area contributed by atoms with Gasteiger partial charge in [0, 0.05) is 23.9 Å². The number of Topliss-reactive ketones (excluding diaryl/α,β-unsaturated/α-hetero) is 1. The second-order valence-corrected chi connectivity index (χ2v) is 7.51. The standard InChI is InChI=1S/C18H21NO3/c1-19-8-7-18-14-11-3-4-13(21-2)15(14)22-16(18)12(20)9-17(18,10-19)6-5-11/h3-4,16H,5-10H2,1-2H3/t16-,17-,18-/m0/s1. The molecule has 116 valence electrons. The number of ketones is 1. The quantitative estimate of drug-likeness (QED) is 0.794. The van der Waals surface area contributed by atoms with E-state index >= 15 is 0 Å². The highest BCUT2D eigenvalue weighted by Gasteiger charge is 2.72. The van der Waals surface area contributed by atoms with Crippen molar-refractivity contribution in [3.05, 3.63) is 23.3 Å². The lowest BCUT2D eigenvalue weighted by atomic mass is 9.52. The third-order valence-electron chi connectivity index (χ3n) is 6.64. The summed E-state index contributed by atoms with van der Waals surface area (Å²) in [6.07, 6.45) is 3.56. The number of carbonyl (C=O) groups is 1. The Kier molecular flexibility index (Phi) is 2.27. The van der Waals surface area contributed by atoms with Gasteiger partial charge in [-0.3, -0.25) is 4.79 Å². The van der Waals surface area contributed by atoms with Crippen molar-refractivity contribution < 1.29 is 14.3 Å². The molecule has 2 fully saturated rings. The van der Waals surface area contributed by atoms with E-state index in [-0.39, 0.29) is 16.9 Å². The van der Waals surface area contributed by atoms with Gasteiger partial charge >= 0.3 is 0 Å². The summed E-state index contributed by atoms with van der Waals surface area (Å²) in [4.78, 5) is 15.2. The summed E-state index contributed by atoms with van der Waals surface area (Å²) in [7, 11) is 3.86. The summed E-state index contributed by atoms with van der Waals surface area (Å²) < 4.78 is 11.8. The van der Waals surface area contributed by atoms with Gasteiger partial charge in [0.15, 0.2) is 23.4 Å². The molecule has 2 heterocycles. The molecule has 0 unspecified atom stereocenters. The van der Waals surface area contributed by atoms with Crippen molar-refractivity contribution in [2.24, 2.45) is 5.41 Å². The summed E-state index contributed by atoms with van der Waals surface area (Å²) in [6, 6.07) is 4.18. The second kappa shape index (κ2) is 3.85. The highest BCUT2D eigenvalue weighted by molar-refractivity contribution is 5.92. The van der Waals surface area contributed by atoms with Crippen molar-refractivity contribution in [1.82, 2.24) is 4.90 Å². The molecule has 22 heavy (non-hydrogen) atoms. The Morgan fingerprint density at radius 2 is 2.23 bits per heavy atom. The summed E-state index contributed by atoms with van der Waals surface area (Å²) in [5.74, 6) is 1.93. The molecular weight excluding hydrogens is 278 g/mol. The first-order valence-corrected chi connectivity index (χ1v) is 8.20. The Balaban J connectivity index is 1.82. The number of piperidine rings is 1. The molecule has 0 amide bonds. The molecule has 1 spiro atoms. The van der Waals surface area contributed by atoms with Crippen molar-refractivity contribution in [3.63, 3.8) is 0 Å². The van der Waals surface area contributed by atoms with Crippen molar-refractivity contribution in [2.75, 3.05) is 27.2 Å². The van der Waals surface area contributed by atoms with Crippen LogP contribution in [0, 0.1) is 5.41 Å². The average molecular weight is 299 g/mol. The molecule has 0 bridgehead atoms. The first-order valence-electron chi connectivity index (χ1n) is 8.20. The second-order valence-electron chi connectivity index (χ2n) is 7.51. The molecule has 0 N–H and O–H groups in total. The Morgan fingerprint density at radius 1 is 1.36 bits per heavy atom. The van der Waals surface area contributed by atoms with Crippen LogP contribution >= 0.6 is 0 Å². The Labute approximate surface area is 130 Å². The molecule has 2 aliphatic heterocycles. The van der Waals surface area contributed by atoms with E-state index < -0.39 is 0 Å². The Morgan fingerprint density at radius 3 is 3.05 bits per heavy atom. The zero-order valence-electron chi connectivity index (χ0n) is 13.1. The summed E-state index contributed by atoms with van der Waals surface area (Å²) in [5.41, 5.74) is 2.63. The van der Waals surface area contributed by atoms with Crippen LogP contribution in [-0.4, -0.2) is 44.0 Å². The number of aryl methyl sites for hydroxylation is 1. The number of likely N-dealkylation sites (tertiary alicyclic amines) is 1. The predicted molar refractivity (Wildman–Crippen MR) is 81.6 cm³/mol. The molecule has 3 atom stereocenters. The van der Waals surface area contributed by atoms with E-state index in [1.807, 2.05) is 6.07 Å². The predicted octanol–water partition coefficient (Wildman–Crippen LogP) is 1.93. The summed E-state index contributed by atoms with van der Waals surface area (Å²) in [6.45, 7) is 2.04. The number of methoxy groups -OCH3 is 1. The first-order chi connectivity index (χ1) is 10.6. The van der Waals surface area contributed by atoms with E-state index in [1.54, 1.807) is 7.11 Å². The van der Waals surface area contributed by atoms with E-state index in [2.05, 4.69) is 18.0 Å². The lowest BCUT2D eigenvalue weighted by molar-refractivity contribution is -0.123. The Bertz CT molecular complexity index is 700. The minimum absolute atomic E-state index is 0.0619. The third-order valence-corrected chi connectivity index (χ3v) is 6.64. The average Bonchev–Trinajstić information content (AvgIpc) is 2.97. The van der Waals surface area contributed by atoms with Gasteiger partial charge < -0.3 is 14.4 Å². The number of hydrogen-bond acceptors (Lipinski definition) is 4. The zero-order valence-corrected chi connectivity index (χ0v) is 13.1. The molecule has 1 saturated heterocycles. The first kappa shape index (κ1) is 12.9. The van der Waals surface area contributed by atoms with Gasteiger partial charge in [0.25, 0.3) is 0 Å². The maximum absolute atomic E-state index is 12.8. The molecule has 1 aromatic carbocycles. The number of rotatable bonds is 1. The van der Waals surface area contributed by atoms with Crippen molar-refractivity contribution >= 4 is 5.78 Å². The molecule has 1 aromatic rings. The van der Waals surface area contributed by atoms with Gasteiger partial charge in [0.2, 0.25) is 0 Å². The Hall–Kier alpha value is -1.55. The van der Waals surface area contributed by atoms with Crippen molar-refractivity contribution in [3.8, 4) is 11.5 Å². The van der Waals surface area contributed by atoms with E-state index in [0.29, 0.717) is 12.2 Å². The molecule has 2 aliphatic carbocycles. The molecule has 0 radical (unpaired) electrons.